The highest BCUT2D eigenvalue weighted by Crippen LogP contribution is 2.19. The van der Waals surface area contributed by atoms with Crippen molar-refractivity contribution in [2.45, 2.75) is 19.3 Å². The zero-order chi connectivity index (χ0) is 15.9. The van der Waals surface area contributed by atoms with E-state index in [1.807, 2.05) is 42.5 Å². The SMILES string of the molecule is O=C(NCCCN1CCCC1)c1ccc(-c2ccccc2)cc1. The van der Waals surface area contributed by atoms with Crippen LogP contribution in [0.1, 0.15) is 29.6 Å². The molecule has 0 aliphatic carbocycles. The van der Waals surface area contributed by atoms with Crippen molar-refractivity contribution in [1.82, 2.24) is 10.2 Å². The van der Waals surface area contributed by atoms with Gasteiger partial charge in [-0.1, -0.05) is 42.5 Å². The maximum absolute atomic E-state index is 12.2. The van der Waals surface area contributed by atoms with Gasteiger partial charge in [-0.2, -0.15) is 0 Å². The van der Waals surface area contributed by atoms with Crippen molar-refractivity contribution in [2.75, 3.05) is 26.2 Å². The second-order valence-corrected chi connectivity index (χ2v) is 6.10. The van der Waals surface area contributed by atoms with Gasteiger partial charge >= 0.3 is 0 Å². The van der Waals surface area contributed by atoms with Crippen LogP contribution < -0.4 is 5.32 Å². The molecule has 23 heavy (non-hydrogen) atoms. The fourth-order valence-corrected chi connectivity index (χ4v) is 3.06. The Morgan fingerprint density at radius 3 is 2.26 bits per heavy atom. The van der Waals surface area contributed by atoms with E-state index in [9.17, 15) is 4.79 Å². The third-order valence-corrected chi connectivity index (χ3v) is 4.39. The molecule has 3 heteroatoms. The average molecular weight is 308 g/mol. The number of rotatable bonds is 6. The third kappa shape index (κ3) is 4.42. The number of likely N-dealkylation sites (tertiary alicyclic amines) is 1. The summed E-state index contributed by atoms with van der Waals surface area (Å²) in [6.45, 7) is 4.27. The van der Waals surface area contributed by atoms with Gasteiger partial charge in [0.25, 0.3) is 5.91 Å². The van der Waals surface area contributed by atoms with Gasteiger partial charge < -0.3 is 10.2 Å². The Balaban J connectivity index is 1.47. The Kier molecular flexibility index (Phi) is 5.43. The van der Waals surface area contributed by atoms with Crippen LogP contribution in [0.2, 0.25) is 0 Å². The van der Waals surface area contributed by atoms with E-state index in [1.54, 1.807) is 0 Å². The molecule has 3 nitrogen and oxygen atoms in total. The molecule has 0 saturated carbocycles. The summed E-state index contributed by atoms with van der Waals surface area (Å²) in [7, 11) is 0. The predicted octanol–water partition coefficient (Wildman–Crippen LogP) is 3.57. The molecule has 0 aromatic heterocycles. The molecule has 0 atom stereocenters. The zero-order valence-electron chi connectivity index (χ0n) is 13.5. The van der Waals surface area contributed by atoms with E-state index in [4.69, 9.17) is 0 Å². The molecule has 2 aromatic carbocycles. The van der Waals surface area contributed by atoms with Crippen molar-refractivity contribution in [1.29, 1.82) is 0 Å². The predicted molar refractivity (Wildman–Crippen MR) is 94.5 cm³/mol. The quantitative estimate of drug-likeness (QED) is 0.827. The Morgan fingerprint density at radius 1 is 0.913 bits per heavy atom. The topological polar surface area (TPSA) is 32.3 Å². The summed E-state index contributed by atoms with van der Waals surface area (Å²) in [5.74, 6) is 0.0195. The van der Waals surface area contributed by atoms with Gasteiger partial charge in [0.1, 0.15) is 0 Å². The normalized spacial score (nSPS) is 14.8. The smallest absolute Gasteiger partial charge is 0.251 e. The third-order valence-electron chi connectivity index (χ3n) is 4.39. The number of amides is 1. The summed E-state index contributed by atoms with van der Waals surface area (Å²) in [6.07, 6.45) is 3.66. The summed E-state index contributed by atoms with van der Waals surface area (Å²) in [4.78, 5) is 14.6. The molecule has 1 fully saturated rings. The fourth-order valence-electron chi connectivity index (χ4n) is 3.06. The summed E-state index contributed by atoms with van der Waals surface area (Å²) in [6, 6.07) is 18.0. The van der Waals surface area contributed by atoms with Gasteiger partial charge in [0.15, 0.2) is 0 Å². The van der Waals surface area contributed by atoms with Crippen LogP contribution in [0.4, 0.5) is 0 Å². The number of carbonyl (C=O) groups excluding carboxylic acids is 1. The number of benzene rings is 2. The van der Waals surface area contributed by atoms with E-state index in [2.05, 4.69) is 22.3 Å². The molecule has 1 saturated heterocycles. The molecule has 1 N–H and O–H groups in total. The van der Waals surface area contributed by atoms with E-state index >= 15 is 0 Å². The van der Waals surface area contributed by atoms with Crippen molar-refractivity contribution in [3.8, 4) is 11.1 Å². The molecule has 0 bridgehead atoms. The standard InChI is InChI=1S/C20H24N2O/c23-20(21-13-6-16-22-14-4-5-15-22)19-11-9-18(10-12-19)17-7-2-1-3-8-17/h1-3,7-12H,4-6,13-16H2,(H,21,23). The van der Waals surface area contributed by atoms with E-state index in [0.717, 1.165) is 30.6 Å². The fraction of sp³-hybridized carbons (Fsp3) is 0.350. The van der Waals surface area contributed by atoms with Crippen LogP contribution in [0, 0.1) is 0 Å². The van der Waals surface area contributed by atoms with E-state index in [1.165, 1.54) is 31.5 Å². The molecule has 2 aromatic rings. The maximum atomic E-state index is 12.2. The van der Waals surface area contributed by atoms with Crippen molar-refractivity contribution in [2.24, 2.45) is 0 Å². The van der Waals surface area contributed by atoms with E-state index in [0.29, 0.717) is 0 Å². The molecule has 1 aliphatic heterocycles. The zero-order valence-corrected chi connectivity index (χ0v) is 13.5. The first-order chi connectivity index (χ1) is 11.3. The Labute approximate surface area is 138 Å². The molecule has 3 rings (SSSR count). The first-order valence-electron chi connectivity index (χ1n) is 8.49. The Hall–Kier alpha value is -2.13. The summed E-state index contributed by atoms with van der Waals surface area (Å²) < 4.78 is 0. The molecular weight excluding hydrogens is 284 g/mol. The van der Waals surface area contributed by atoms with Gasteiger partial charge in [0, 0.05) is 12.1 Å². The van der Waals surface area contributed by atoms with Crippen molar-refractivity contribution < 1.29 is 4.79 Å². The maximum Gasteiger partial charge on any atom is 0.251 e. The number of hydrogen-bond donors (Lipinski definition) is 1. The second-order valence-electron chi connectivity index (χ2n) is 6.10. The lowest BCUT2D eigenvalue weighted by molar-refractivity contribution is 0.0952. The number of nitrogens with zero attached hydrogens (tertiary/aromatic N) is 1. The highest BCUT2D eigenvalue weighted by atomic mass is 16.1. The molecule has 0 unspecified atom stereocenters. The average Bonchev–Trinajstić information content (AvgIpc) is 3.13. The highest BCUT2D eigenvalue weighted by molar-refractivity contribution is 5.94. The lowest BCUT2D eigenvalue weighted by Gasteiger charge is -2.14. The molecule has 120 valence electrons. The lowest BCUT2D eigenvalue weighted by Crippen LogP contribution is -2.28. The number of nitrogens with one attached hydrogen (secondary N) is 1. The van der Waals surface area contributed by atoms with E-state index < -0.39 is 0 Å². The lowest BCUT2D eigenvalue weighted by atomic mass is 10.0. The van der Waals surface area contributed by atoms with Crippen molar-refractivity contribution in [3.63, 3.8) is 0 Å². The largest absolute Gasteiger partial charge is 0.352 e. The summed E-state index contributed by atoms with van der Waals surface area (Å²) in [5, 5.41) is 3.02. The van der Waals surface area contributed by atoms with Gasteiger partial charge in [-0.05, 0) is 62.2 Å². The molecule has 1 heterocycles. The minimum absolute atomic E-state index is 0.0195. The van der Waals surface area contributed by atoms with Crippen LogP contribution in [0.15, 0.2) is 54.6 Å². The number of carbonyl (C=O) groups is 1. The molecular formula is C20H24N2O. The van der Waals surface area contributed by atoms with Gasteiger partial charge in [-0.3, -0.25) is 4.79 Å². The van der Waals surface area contributed by atoms with Gasteiger partial charge in [-0.15, -0.1) is 0 Å². The first-order valence-corrected chi connectivity index (χ1v) is 8.49. The molecule has 0 spiro atoms. The van der Waals surface area contributed by atoms with Crippen LogP contribution in [-0.2, 0) is 0 Å². The van der Waals surface area contributed by atoms with Crippen molar-refractivity contribution in [3.05, 3.63) is 60.2 Å². The van der Waals surface area contributed by atoms with Gasteiger partial charge in [0.05, 0.1) is 0 Å². The number of hydrogen-bond acceptors (Lipinski definition) is 2. The first kappa shape index (κ1) is 15.8. The van der Waals surface area contributed by atoms with E-state index in [-0.39, 0.29) is 5.91 Å². The second kappa shape index (κ2) is 7.93. The monoisotopic (exact) mass is 308 g/mol. The molecule has 1 amide bonds. The van der Waals surface area contributed by atoms with Crippen molar-refractivity contribution >= 4 is 5.91 Å². The molecule has 1 aliphatic rings. The Bertz CT molecular complexity index is 616. The van der Waals surface area contributed by atoms with Gasteiger partial charge in [-0.25, -0.2) is 0 Å². The molecule has 0 radical (unpaired) electrons. The summed E-state index contributed by atoms with van der Waals surface area (Å²) >= 11 is 0. The van der Waals surface area contributed by atoms with Crippen LogP contribution >= 0.6 is 0 Å². The summed E-state index contributed by atoms with van der Waals surface area (Å²) in [5.41, 5.74) is 3.03. The van der Waals surface area contributed by atoms with Crippen LogP contribution in [-0.4, -0.2) is 37.0 Å². The minimum atomic E-state index is 0.0195. The van der Waals surface area contributed by atoms with Crippen LogP contribution in [0.25, 0.3) is 11.1 Å². The van der Waals surface area contributed by atoms with Crippen LogP contribution in [0.5, 0.6) is 0 Å². The van der Waals surface area contributed by atoms with Gasteiger partial charge in [0.2, 0.25) is 0 Å². The highest BCUT2D eigenvalue weighted by Gasteiger charge is 2.11. The minimum Gasteiger partial charge on any atom is -0.352 e. The Morgan fingerprint density at radius 2 is 1.57 bits per heavy atom. The van der Waals surface area contributed by atoms with Crippen LogP contribution in [0.3, 0.4) is 0 Å².